The van der Waals surface area contributed by atoms with E-state index in [2.05, 4.69) is 43.4 Å². The topological polar surface area (TPSA) is 24.9 Å². The molecule has 0 radical (unpaired) electrons. The van der Waals surface area contributed by atoms with Crippen LogP contribution in [0.3, 0.4) is 0 Å². The minimum atomic E-state index is 0.220. The van der Waals surface area contributed by atoms with Crippen LogP contribution in [0.5, 0.6) is 0 Å². The highest BCUT2D eigenvalue weighted by molar-refractivity contribution is 7.11. The molecule has 0 bridgehead atoms. The zero-order valence-corrected chi connectivity index (χ0v) is 13.3. The fourth-order valence-corrected chi connectivity index (χ4v) is 3.89. The Kier molecular flexibility index (Phi) is 3.90. The first-order valence-corrected chi connectivity index (χ1v) is 8.28. The molecule has 20 heavy (non-hydrogen) atoms. The molecule has 1 aliphatic rings. The fourth-order valence-electron chi connectivity index (χ4n) is 2.74. The van der Waals surface area contributed by atoms with Crippen molar-refractivity contribution < 1.29 is 0 Å². The SMILES string of the molecule is CCc1nc(C(NC)c2cccc(C3CC3)c2)sc1C. The van der Waals surface area contributed by atoms with E-state index in [-0.39, 0.29) is 6.04 Å². The quantitative estimate of drug-likeness (QED) is 0.891. The number of thiazole rings is 1. The van der Waals surface area contributed by atoms with Crippen LogP contribution in [0.2, 0.25) is 0 Å². The largest absolute Gasteiger partial charge is 0.307 e. The second-order valence-electron chi connectivity index (χ2n) is 5.57. The summed E-state index contributed by atoms with van der Waals surface area (Å²) in [6, 6.07) is 9.25. The molecule has 1 N–H and O–H groups in total. The maximum Gasteiger partial charge on any atom is 0.115 e. The van der Waals surface area contributed by atoms with E-state index >= 15 is 0 Å². The van der Waals surface area contributed by atoms with Crippen LogP contribution in [0.1, 0.15) is 58.4 Å². The van der Waals surface area contributed by atoms with Crippen molar-refractivity contribution in [1.29, 1.82) is 0 Å². The number of nitrogens with zero attached hydrogens (tertiary/aromatic N) is 1. The van der Waals surface area contributed by atoms with Gasteiger partial charge in [0.05, 0.1) is 11.7 Å². The van der Waals surface area contributed by atoms with Crippen molar-refractivity contribution in [3.05, 3.63) is 51.0 Å². The minimum absolute atomic E-state index is 0.220. The Morgan fingerprint density at radius 3 is 2.80 bits per heavy atom. The molecule has 106 valence electrons. The molecule has 1 aliphatic carbocycles. The minimum Gasteiger partial charge on any atom is -0.307 e. The van der Waals surface area contributed by atoms with Crippen molar-refractivity contribution in [3.8, 4) is 0 Å². The monoisotopic (exact) mass is 286 g/mol. The fraction of sp³-hybridized carbons (Fsp3) is 0.471. The lowest BCUT2D eigenvalue weighted by atomic mass is 10.0. The van der Waals surface area contributed by atoms with E-state index in [9.17, 15) is 0 Å². The number of aromatic nitrogens is 1. The molecule has 1 atom stereocenters. The molecule has 1 fully saturated rings. The summed E-state index contributed by atoms with van der Waals surface area (Å²) in [5.74, 6) is 0.802. The molecule has 0 saturated heterocycles. The molecule has 0 aliphatic heterocycles. The summed E-state index contributed by atoms with van der Waals surface area (Å²) in [5, 5.41) is 4.62. The van der Waals surface area contributed by atoms with Gasteiger partial charge < -0.3 is 5.32 Å². The maximum absolute atomic E-state index is 4.82. The van der Waals surface area contributed by atoms with Gasteiger partial charge in [0.1, 0.15) is 5.01 Å². The van der Waals surface area contributed by atoms with Gasteiger partial charge in [-0.05, 0) is 50.3 Å². The van der Waals surface area contributed by atoms with Crippen molar-refractivity contribution >= 4 is 11.3 Å². The highest BCUT2D eigenvalue weighted by atomic mass is 32.1. The molecule has 1 unspecified atom stereocenters. The maximum atomic E-state index is 4.82. The van der Waals surface area contributed by atoms with E-state index in [1.807, 2.05) is 18.4 Å². The first-order chi connectivity index (χ1) is 9.72. The Hall–Kier alpha value is -1.19. The van der Waals surface area contributed by atoms with Gasteiger partial charge in [0, 0.05) is 4.88 Å². The standard InChI is InChI=1S/C17H22N2S/c1-4-15-11(2)20-17(19-15)16(18-3)14-7-5-6-13(10-14)12-8-9-12/h5-7,10,12,16,18H,4,8-9H2,1-3H3. The van der Waals surface area contributed by atoms with Crippen molar-refractivity contribution in [3.63, 3.8) is 0 Å². The van der Waals surface area contributed by atoms with Gasteiger partial charge in [-0.15, -0.1) is 11.3 Å². The van der Waals surface area contributed by atoms with E-state index in [1.165, 1.54) is 39.5 Å². The molecule has 2 nitrogen and oxygen atoms in total. The van der Waals surface area contributed by atoms with Crippen molar-refractivity contribution in [2.75, 3.05) is 7.05 Å². The third kappa shape index (κ3) is 2.65. The lowest BCUT2D eigenvalue weighted by molar-refractivity contribution is 0.682. The lowest BCUT2D eigenvalue weighted by Crippen LogP contribution is -2.17. The molecule has 1 aromatic carbocycles. The first kappa shape index (κ1) is 13.8. The smallest absolute Gasteiger partial charge is 0.115 e. The summed E-state index contributed by atoms with van der Waals surface area (Å²) in [6.07, 6.45) is 3.72. The Morgan fingerprint density at radius 2 is 2.20 bits per heavy atom. The van der Waals surface area contributed by atoms with Gasteiger partial charge in [-0.1, -0.05) is 31.2 Å². The normalized spacial score (nSPS) is 16.4. The molecule has 3 heteroatoms. The number of rotatable bonds is 5. The van der Waals surface area contributed by atoms with Gasteiger partial charge >= 0.3 is 0 Å². The molecule has 1 saturated carbocycles. The predicted molar refractivity (Wildman–Crippen MR) is 85.5 cm³/mol. The summed E-state index contributed by atoms with van der Waals surface area (Å²) in [4.78, 5) is 6.17. The number of aryl methyl sites for hydroxylation is 2. The molecular formula is C17H22N2S. The van der Waals surface area contributed by atoms with Gasteiger partial charge in [-0.25, -0.2) is 4.98 Å². The molecule has 1 heterocycles. The summed E-state index contributed by atoms with van der Waals surface area (Å²) < 4.78 is 0. The van der Waals surface area contributed by atoms with E-state index < -0.39 is 0 Å². The van der Waals surface area contributed by atoms with Gasteiger partial charge in [0.25, 0.3) is 0 Å². The number of nitrogens with one attached hydrogen (secondary N) is 1. The molecular weight excluding hydrogens is 264 g/mol. The number of benzene rings is 1. The molecule has 0 spiro atoms. The van der Waals surface area contributed by atoms with Crippen molar-refractivity contribution in [2.24, 2.45) is 0 Å². The van der Waals surface area contributed by atoms with Crippen LogP contribution in [-0.4, -0.2) is 12.0 Å². The number of hydrogen-bond donors (Lipinski definition) is 1. The third-order valence-corrected chi connectivity index (χ3v) is 5.15. The highest BCUT2D eigenvalue weighted by Crippen LogP contribution is 2.41. The van der Waals surface area contributed by atoms with Gasteiger partial charge in [0.2, 0.25) is 0 Å². The Morgan fingerprint density at radius 1 is 1.40 bits per heavy atom. The van der Waals surface area contributed by atoms with Crippen LogP contribution in [0.15, 0.2) is 24.3 Å². The van der Waals surface area contributed by atoms with Gasteiger partial charge in [-0.3, -0.25) is 0 Å². The Bertz CT molecular complexity index is 599. The number of hydrogen-bond acceptors (Lipinski definition) is 3. The summed E-state index contributed by atoms with van der Waals surface area (Å²) in [7, 11) is 2.02. The molecule has 0 amide bonds. The Balaban J connectivity index is 1.93. The van der Waals surface area contributed by atoms with Gasteiger partial charge in [0.15, 0.2) is 0 Å². The predicted octanol–water partition coefficient (Wildman–Crippen LogP) is 4.20. The molecule has 2 aromatic rings. The van der Waals surface area contributed by atoms with Crippen molar-refractivity contribution in [2.45, 2.75) is 45.1 Å². The van der Waals surface area contributed by atoms with E-state index in [4.69, 9.17) is 4.98 Å². The second kappa shape index (κ2) is 5.66. The van der Waals surface area contributed by atoms with Crippen LogP contribution in [0.25, 0.3) is 0 Å². The highest BCUT2D eigenvalue weighted by Gasteiger charge is 2.25. The van der Waals surface area contributed by atoms with Crippen LogP contribution in [0.4, 0.5) is 0 Å². The van der Waals surface area contributed by atoms with Crippen LogP contribution >= 0.6 is 11.3 Å². The van der Waals surface area contributed by atoms with Crippen LogP contribution in [0, 0.1) is 6.92 Å². The average Bonchev–Trinajstić information content (AvgIpc) is 3.24. The van der Waals surface area contributed by atoms with E-state index in [0.29, 0.717) is 0 Å². The van der Waals surface area contributed by atoms with E-state index in [0.717, 1.165) is 12.3 Å². The third-order valence-electron chi connectivity index (χ3n) is 4.07. The molecule has 3 rings (SSSR count). The average molecular weight is 286 g/mol. The Labute approximate surface area is 125 Å². The summed E-state index contributed by atoms with van der Waals surface area (Å²) in [5.41, 5.74) is 4.07. The van der Waals surface area contributed by atoms with Gasteiger partial charge in [-0.2, -0.15) is 0 Å². The zero-order valence-electron chi connectivity index (χ0n) is 12.4. The first-order valence-electron chi connectivity index (χ1n) is 7.46. The zero-order chi connectivity index (χ0) is 14.1. The molecule has 1 aromatic heterocycles. The summed E-state index contributed by atoms with van der Waals surface area (Å²) >= 11 is 1.82. The van der Waals surface area contributed by atoms with E-state index in [1.54, 1.807) is 0 Å². The van der Waals surface area contributed by atoms with Crippen molar-refractivity contribution in [1.82, 2.24) is 10.3 Å². The van der Waals surface area contributed by atoms with Crippen LogP contribution in [-0.2, 0) is 6.42 Å². The summed E-state index contributed by atoms with van der Waals surface area (Å²) in [6.45, 7) is 4.35. The second-order valence-corrected chi connectivity index (χ2v) is 6.81. The van der Waals surface area contributed by atoms with Crippen LogP contribution < -0.4 is 5.32 Å². The lowest BCUT2D eigenvalue weighted by Gasteiger charge is -2.15.